The van der Waals surface area contributed by atoms with Gasteiger partial charge in [-0.15, -0.1) is 0 Å². The quantitative estimate of drug-likeness (QED) is 0.766. The van der Waals surface area contributed by atoms with E-state index in [0.29, 0.717) is 12.0 Å². The molecule has 1 atom stereocenters. The van der Waals surface area contributed by atoms with Gasteiger partial charge in [0.15, 0.2) is 9.84 Å². The van der Waals surface area contributed by atoms with Crippen LogP contribution in [0.1, 0.15) is 28.9 Å². The predicted octanol–water partition coefficient (Wildman–Crippen LogP) is 0.767. The number of amides is 2. The van der Waals surface area contributed by atoms with E-state index in [-0.39, 0.29) is 23.8 Å². The second-order valence-electron chi connectivity index (χ2n) is 6.41. The lowest BCUT2D eigenvalue weighted by atomic mass is 10.1. The molecule has 8 nitrogen and oxygen atoms in total. The van der Waals surface area contributed by atoms with Crippen LogP contribution in [-0.4, -0.2) is 41.5 Å². The van der Waals surface area contributed by atoms with Crippen LogP contribution in [0.15, 0.2) is 36.5 Å². The molecule has 26 heavy (non-hydrogen) atoms. The monoisotopic (exact) mass is 376 g/mol. The van der Waals surface area contributed by atoms with Gasteiger partial charge in [-0.3, -0.25) is 20.4 Å². The van der Waals surface area contributed by atoms with Gasteiger partial charge >= 0.3 is 0 Å². The number of rotatable bonds is 4. The van der Waals surface area contributed by atoms with Crippen molar-refractivity contribution < 1.29 is 18.0 Å². The maximum Gasteiger partial charge on any atom is 0.269 e. The van der Waals surface area contributed by atoms with Crippen LogP contribution in [-0.2, 0) is 14.6 Å². The minimum absolute atomic E-state index is 0.0304. The molecule has 1 fully saturated rings. The lowest BCUT2D eigenvalue weighted by Crippen LogP contribution is -2.42. The summed E-state index contributed by atoms with van der Waals surface area (Å²) in [6.45, 7) is 1.93. The standard InChI is InChI=1S/C17H20N4O4S/c1-12-6-8-18-21(12)15-4-2-14(3-5-15)17(23)20-19-16(22)10-13-7-9-26(24,25)11-13/h2-6,8,13H,7,9-11H2,1H3,(H,19,22)(H,20,23)/t13-/m0/s1. The average Bonchev–Trinajstić information content (AvgIpc) is 3.18. The first-order valence-electron chi connectivity index (χ1n) is 8.25. The Balaban J connectivity index is 1.52. The van der Waals surface area contributed by atoms with Gasteiger partial charge < -0.3 is 0 Å². The number of nitrogens with zero attached hydrogens (tertiary/aromatic N) is 2. The number of hydrogen-bond donors (Lipinski definition) is 2. The molecule has 2 N–H and O–H groups in total. The zero-order valence-corrected chi connectivity index (χ0v) is 15.1. The highest BCUT2D eigenvalue weighted by atomic mass is 32.2. The molecule has 2 amide bonds. The maximum absolute atomic E-state index is 12.1. The first kappa shape index (κ1) is 18.1. The van der Waals surface area contributed by atoms with Gasteiger partial charge in [-0.2, -0.15) is 5.10 Å². The lowest BCUT2D eigenvalue weighted by molar-refractivity contribution is -0.122. The summed E-state index contributed by atoms with van der Waals surface area (Å²) in [5.74, 6) is -0.874. The van der Waals surface area contributed by atoms with Crippen LogP contribution < -0.4 is 10.9 Å². The fourth-order valence-corrected chi connectivity index (χ4v) is 4.80. The molecule has 9 heteroatoms. The first-order chi connectivity index (χ1) is 12.3. The fraction of sp³-hybridized carbons (Fsp3) is 0.353. The van der Waals surface area contributed by atoms with Gasteiger partial charge in [-0.1, -0.05) is 0 Å². The van der Waals surface area contributed by atoms with Crippen LogP contribution in [0.3, 0.4) is 0 Å². The Morgan fingerprint density at radius 1 is 1.19 bits per heavy atom. The number of carbonyl (C=O) groups is 2. The molecule has 0 spiro atoms. The highest BCUT2D eigenvalue weighted by Gasteiger charge is 2.29. The molecule has 1 saturated heterocycles. The molecular weight excluding hydrogens is 356 g/mol. The van der Waals surface area contributed by atoms with Crippen molar-refractivity contribution in [1.29, 1.82) is 0 Å². The van der Waals surface area contributed by atoms with E-state index in [1.165, 1.54) is 0 Å². The maximum atomic E-state index is 12.1. The Labute approximate surface area is 151 Å². The summed E-state index contributed by atoms with van der Waals surface area (Å²) >= 11 is 0. The van der Waals surface area contributed by atoms with E-state index in [0.717, 1.165) is 11.4 Å². The average molecular weight is 376 g/mol. The molecule has 2 heterocycles. The molecule has 0 unspecified atom stereocenters. The number of sulfone groups is 1. The van der Waals surface area contributed by atoms with E-state index >= 15 is 0 Å². The molecule has 1 aliphatic heterocycles. The minimum Gasteiger partial charge on any atom is -0.273 e. The highest BCUT2D eigenvalue weighted by Crippen LogP contribution is 2.21. The number of carbonyl (C=O) groups excluding carboxylic acids is 2. The zero-order chi connectivity index (χ0) is 18.7. The number of hydrazine groups is 1. The van der Waals surface area contributed by atoms with Crippen LogP contribution in [0.25, 0.3) is 5.69 Å². The zero-order valence-electron chi connectivity index (χ0n) is 14.3. The van der Waals surface area contributed by atoms with Crippen molar-refractivity contribution in [1.82, 2.24) is 20.6 Å². The molecule has 2 aromatic rings. The molecule has 138 valence electrons. The Morgan fingerprint density at radius 3 is 2.50 bits per heavy atom. The second kappa shape index (κ2) is 7.28. The van der Waals surface area contributed by atoms with Crippen molar-refractivity contribution in [3.05, 3.63) is 47.8 Å². The number of aromatic nitrogens is 2. The summed E-state index contributed by atoms with van der Waals surface area (Å²) in [6.07, 6.45) is 2.26. The molecule has 0 radical (unpaired) electrons. The molecular formula is C17H20N4O4S. The van der Waals surface area contributed by atoms with Gasteiger partial charge in [0.05, 0.1) is 17.2 Å². The summed E-state index contributed by atoms with van der Waals surface area (Å²) in [5, 5.41) is 4.20. The summed E-state index contributed by atoms with van der Waals surface area (Å²) in [4.78, 5) is 24.0. The third-order valence-electron chi connectivity index (χ3n) is 4.32. The third kappa shape index (κ3) is 4.29. The van der Waals surface area contributed by atoms with Crippen LogP contribution in [0.2, 0.25) is 0 Å². The first-order valence-corrected chi connectivity index (χ1v) is 10.1. The van der Waals surface area contributed by atoms with E-state index < -0.39 is 21.7 Å². The molecule has 1 aromatic carbocycles. The van der Waals surface area contributed by atoms with Gasteiger partial charge in [-0.05, 0) is 49.6 Å². The predicted molar refractivity (Wildman–Crippen MR) is 95.3 cm³/mol. The summed E-state index contributed by atoms with van der Waals surface area (Å²) < 4.78 is 24.5. The van der Waals surface area contributed by atoms with Crippen molar-refractivity contribution in [2.75, 3.05) is 11.5 Å². The van der Waals surface area contributed by atoms with Gasteiger partial charge in [0.1, 0.15) is 0 Å². The van der Waals surface area contributed by atoms with Crippen LogP contribution >= 0.6 is 0 Å². The van der Waals surface area contributed by atoms with Gasteiger partial charge in [0, 0.05) is 23.9 Å². The molecule has 0 bridgehead atoms. The molecule has 3 rings (SSSR count). The fourth-order valence-electron chi connectivity index (χ4n) is 2.94. The topological polar surface area (TPSA) is 110 Å². The van der Waals surface area contributed by atoms with Gasteiger partial charge in [0.25, 0.3) is 5.91 Å². The Kier molecular flexibility index (Phi) is 5.08. The Morgan fingerprint density at radius 2 is 1.92 bits per heavy atom. The van der Waals surface area contributed by atoms with E-state index in [2.05, 4.69) is 16.0 Å². The normalized spacial score (nSPS) is 18.4. The second-order valence-corrected chi connectivity index (χ2v) is 8.64. The number of benzene rings is 1. The van der Waals surface area contributed by atoms with Crippen LogP contribution in [0.5, 0.6) is 0 Å². The minimum atomic E-state index is -3.02. The SMILES string of the molecule is Cc1ccnn1-c1ccc(C(=O)NNC(=O)C[C@@H]2CCS(=O)(=O)C2)cc1. The van der Waals surface area contributed by atoms with Gasteiger partial charge in [0.2, 0.25) is 5.91 Å². The van der Waals surface area contributed by atoms with E-state index in [1.807, 2.05) is 13.0 Å². The van der Waals surface area contributed by atoms with Gasteiger partial charge in [-0.25, -0.2) is 13.1 Å². The van der Waals surface area contributed by atoms with Crippen molar-refractivity contribution in [3.8, 4) is 5.69 Å². The molecule has 1 aromatic heterocycles. The molecule has 1 aliphatic rings. The highest BCUT2D eigenvalue weighted by molar-refractivity contribution is 7.91. The van der Waals surface area contributed by atoms with E-state index in [9.17, 15) is 18.0 Å². The summed E-state index contributed by atoms with van der Waals surface area (Å²) in [7, 11) is -3.02. The molecule has 0 aliphatic carbocycles. The smallest absolute Gasteiger partial charge is 0.269 e. The van der Waals surface area contributed by atoms with Crippen LogP contribution in [0.4, 0.5) is 0 Å². The number of hydrogen-bond acceptors (Lipinski definition) is 5. The summed E-state index contributed by atoms with van der Waals surface area (Å²) in [5.41, 5.74) is 6.88. The van der Waals surface area contributed by atoms with Crippen molar-refractivity contribution in [2.45, 2.75) is 19.8 Å². The van der Waals surface area contributed by atoms with Crippen molar-refractivity contribution >= 4 is 21.7 Å². The van der Waals surface area contributed by atoms with Crippen molar-refractivity contribution in [2.24, 2.45) is 5.92 Å². The van der Waals surface area contributed by atoms with E-state index in [4.69, 9.17) is 0 Å². The third-order valence-corrected chi connectivity index (χ3v) is 6.16. The molecule has 0 saturated carbocycles. The number of aryl methyl sites for hydroxylation is 1. The van der Waals surface area contributed by atoms with Crippen LogP contribution in [0, 0.1) is 12.8 Å². The van der Waals surface area contributed by atoms with E-state index in [1.54, 1.807) is 35.1 Å². The largest absolute Gasteiger partial charge is 0.273 e. The van der Waals surface area contributed by atoms with Crippen molar-refractivity contribution in [3.63, 3.8) is 0 Å². The Hall–Kier alpha value is -2.68. The summed E-state index contributed by atoms with van der Waals surface area (Å²) in [6, 6.07) is 8.69. The Bertz CT molecular complexity index is 918. The lowest BCUT2D eigenvalue weighted by Gasteiger charge is -2.10. The number of nitrogens with one attached hydrogen (secondary N) is 2.